The molecule has 2 nitrogen and oxygen atoms in total. The van der Waals surface area contributed by atoms with E-state index in [2.05, 4.69) is 4.74 Å². The van der Waals surface area contributed by atoms with Crippen molar-refractivity contribution >= 4 is 5.57 Å². The van der Waals surface area contributed by atoms with E-state index >= 15 is 0 Å². The number of benzene rings is 1. The fraction of sp³-hybridized carbons (Fsp3) is 0.250. The van der Waals surface area contributed by atoms with Gasteiger partial charge in [0.2, 0.25) is 0 Å². The SMILES string of the molecule is CO/C(=C(/C#N)c1ccccc1)C(F)(F)C(F)(F)F. The minimum Gasteiger partial charge on any atom is -0.493 e. The molecule has 0 unspecified atom stereocenters. The number of rotatable bonds is 3. The van der Waals surface area contributed by atoms with Gasteiger partial charge in [-0.25, -0.2) is 0 Å². The van der Waals surface area contributed by atoms with Crippen LogP contribution >= 0.6 is 0 Å². The molecule has 0 N–H and O–H groups in total. The summed E-state index contributed by atoms with van der Waals surface area (Å²) in [5.74, 6) is -6.95. The van der Waals surface area contributed by atoms with Gasteiger partial charge in [-0.3, -0.25) is 0 Å². The van der Waals surface area contributed by atoms with E-state index in [4.69, 9.17) is 5.26 Å². The average molecular weight is 277 g/mol. The van der Waals surface area contributed by atoms with Gasteiger partial charge in [0.1, 0.15) is 11.6 Å². The van der Waals surface area contributed by atoms with Crippen LogP contribution in [0.2, 0.25) is 0 Å². The molecule has 0 fully saturated rings. The van der Waals surface area contributed by atoms with Crippen molar-refractivity contribution in [2.75, 3.05) is 7.11 Å². The van der Waals surface area contributed by atoms with Crippen LogP contribution in [-0.4, -0.2) is 19.2 Å². The van der Waals surface area contributed by atoms with Crippen LogP contribution in [0.3, 0.4) is 0 Å². The molecule has 0 aromatic heterocycles. The maximum atomic E-state index is 13.3. The Kier molecular flexibility index (Phi) is 4.14. The summed E-state index contributed by atoms with van der Waals surface area (Å²) < 4.78 is 67.6. The highest BCUT2D eigenvalue weighted by atomic mass is 19.4. The zero-order valence-corrected chi connectivity index (χ0v) is 9.63. The molecule has 1 aromatic carbocycles. The first-order valence-electron chi connectivity index (χ1n) is 4.94. The van der Waals surface area contributed by atoms with Crippen LogP contribution in [0.25, 0.3) is 5.57 Å². The van der Waals surface area contributed by atoms with Crippen LogP contribution in [-0.2, 0) is 4.74 Å². The fourth-order valence-corrected chi connectivity index (χ4v) is 1.37. The maximum absolute atomic E-state index is 13.3. The molecule has 102 valence electrons. The van der Waals surface area contributed by atoms with E-state index in [9.17, 15) is 22.0 Å². The average Bonchev–Trinajstić information content (AvgIpc) is 2.35. The monoisotopic (exact) mass is 277 g/mol. The number of nitrogens with zero attached hydrogens (tertiary/aromatic N) is 1. The topological polar surface area (TPSA) is 33.0 Å². The molecule has 0 aliphatic carbocycles. The van der Waals surface area contributed by atoms with Crippen molar-refractivity contribution < 1.29 is 26.7 Å². The summed E-state index contributed by atoms with van der Waals surface area (Å²) in [6.45, 7) is 0. The van der Waals surface area contributed by atoms with Gasteiger partial charge in [-0.1, -0.05) is 30.3 Å². The molecule has 0 amide bonds. The second-order valence-corrected chi connectivity index (χ2v) is 3.46. The van der Waals surface area contributed by atoms with Crippen molar-refractivity contribution in [3.05, 3.63) is 41.7 Å². The van der Waals surface area contributed by atoms with Crippen LogP contribution < -0.4 is 0 Å². The first-order valence-corrected chi connectivity index (χ1v) is 4.94. The first kappa shape index (κ1) is 15.0. The molecule has 0 bridgehead atoms. The number of methoxy groups -OCH3 is 1. The van der Waals surface area contributed by atoms with E-state index in [0.29, 0.717) is 7.11 Å². The number of alkyl halides is 5. The Hall–Kier alpha value is -2.10. The van der Waals surface area contributed by atoms with Gasteiger partial charge in [-0.2, -0.15) is 27.2 Å². The molecule has 0 aliphatic heterocycles. The molecule has 0 aliphatic rings. The number of ether oxygens (including phenoxy) is 1. The summed E-state index contributed by atoms with van der Waals surface area (Å²) in [5.41, 5.74) is -0.934. The molecule has 1 rings (SSSR count). The van der Waals surface area contributed by atoms with Crippen LogP contribution in [0.1, 0.15) is 5.56 Å². The Labute approximate surface area is 105 Å². The Balaban J connectivity index is 3.49. The second kappa shape index (κ2) is 5.26. The molecule has 19 heavy (non-hydrogen) atoms. The van der Waals surface area contributed by atoms with Crippen molar-refractivity contribution in [3.63, 3.8) is 0 Å². The van der Waals surface area contributed by atoms with Gasteiger partial charge in [0.05, 0.1) is 7.11 Å². The molecule has 7 heteroatoms. The quantitative estimate of drug-likeness (QED) is 0.478. The molecular weight excluding hydrogens is 269 g/mol. The third-order valence-electron chi connectivity index (χ3n) is 2.25. The summed E-state index contributed by atoms with van der Waals surface area (Å²) in [6, 6.07) is 8.15. The van der Waals surface area contributed by atoms with Crippen LogP contribution in [0.4, 0.5) is 22.0 Å². The van der Waals surface area contributed by atoms with Crippen molar-refractivity contribution in [1.82, 2.24) is 0 Å². The van der Waals surface area contributed by atoms with E-state index in [1.54, 1.807) is 0 Å². The Morgan fingerprint density at radius 3 is 2.00 bits per heavy atom. The van der Waals surface area contributed by atoms with Crippen molar-refractivity contribution in [2.24, 2.45) is 0 Å². The molecule has 0 saturated heterocycles. The fourth-order valence-electron chi connectivity index (χ4n) is 1.37. The largest absolute Gasteiger partial charge is 0.493 e. The zero-order chi connectivity index (χ0) is 14.7. The summed E-state index contributed by atoms with van der Waals surface area (Å²) in [5, 5.41) is 8.82. The Morgan fingerprint density at radius 2 is 1.63 bits per heavy atom. The number of hydrogen-bond donors (Lipinski definition) is 0. The van der Waals surface area contributed by atoms with Gasteiger partial charge >= 0.3 is 12.1 Å². The van der Waals surface area contributed by atoms with Gasteiger partial charge in [-0.15, -0.1) is 0 Å². The smallest absolute Gasteiger partial charge is 0.461 e. The lowest BCUT2D eigenvalue weighted by molar-refractivity contribution is -0.275. The molecule has 0 saturated carbocycles. The predicted molar refractivity (Wildman–Crippen MR) is 57.0 cm³/mol. The summed E-state index contributed by atoms with van der Waals surface area (Å²) >= 11 is 0. The third-order valence-corrected chi connectivity index (χ3v) is 2.25. The van der Waals surface area contributed by atoms with E-state index < -0.39 is 23.4 Å². The summed E-state index contributed by atoms with van der Waals surface area (Å²) in [7, 11) is 0.662. The highest BCUT2D eigenvalue weighted by Crippen LogP contribution is 2.43. The molecule has 1 aromatic rings. The highest BCUT2D eigenvalue weighted by molar-refractivity contribution is 5.79. The molecule has 0 atom stereocenters. The van der Waals surface area contributed by atoms with Gasteiger partial charge in [0.25, 0.3) is 0 Å². The molecular formula is C12H8F5NO. The lowest BCUT2D eigenvalue weighted by Crippen LogP contribution is -2.39. The van der Waals surface area contributed by atoms with E-state index in [1.807, 2.05) is 0 Å². The lowest BCUT2D eigenvalue weighted by atomic mass is 10.0. The van der Waals surface area contributed by atoms with E-state index in [-0.39, 0.29) is 5.56 Å². The Bertz CT molecular complexity index is 513. The first-order chi connectivity index (χ1) is 8.75. The van der Waals surface area contributed by atoms with Crippen LogP contribution in [0.15, 0.2) is 36.1 Å². The molecule has 0 spiro atoms. The summed E-state index contributed by atoms with van der Waals surface area (Å²) in [4.78, 5) is 0. The van der Waals surface area contributed by atoms with E-state index in [0.717, 1.165) is 0 Å². The lowest BCUT2D eigenvalue weighted by Gasteiger charge is -2.22. The van der Waals surface area contributed by atoms with Crippen molar-refractivity contribution in [2.45, 2.75) is 12.1 Å². The van der Waals surface area contributed by atoms with Crippen molar-refractivity contribution in [1.29, 1.82) is 5.26 Å². The van der Waals surface area contributed by atoms with Gasteiger partial charge < -0.3 is 4.74 Å². The van der Waals surface area contributed by atoms with Gasteiger partial charge in [0.15, 0.2) is 5.76 Å². The minimum absolute atomic E-state index is 0.0780. The standard InChI is InChI=1S/C12H8F5NO/c1-19-10(11(13,14)12(15,16)17)9(7-18)8-5-3-2-4-6-8/h2-6H,1H3/b10-9-. The molecule has 0 heterocycles. The van der Waals surface area contributed by atoms with Crippen LogP contribution in [0, 0.1) is 11.3 Å². The summed E-state index contributed by atoms with van der Waals surface area (Å²) in [6.07, 6.45) is -5.84. The van der Waals surface area contributed by atoms with Gasteiger partial charge in [0, 0.05) is 0 Å². The minimum atomic E-state index is -5.84. The predicted octanol–water partition coefficient (Wildman–Crippen LogP) is 3.77. The molecule has 0 radical (unpaired) electrons. The number of hydrogen-bond acceptors (Lipinski definition) is 2. The van der Waals surface area contributed by atoms with Crippen LogP contribution in [0.5, 0.6) is 0 Å². The third kappa shape index (κ3) is 2.84. The maximum Gasteiger partial charge on any atom is 0.461 e. The number of halogens is 5. The van der Waals surface area contributed by atoms with Gasteiger partial charge in [-0.05, 0) is 5.56 Å². The number of nitriles is 1. The second-order valence-electron chi connectivity index (χ2n) is 3.46. The van der Waals surface area contributed by atoms with E-state index in [1.165, 1.54) is 36.4 Å². The Morgan fingerprint density at radius 1 is 1.11 bits per heavy atom. The van der Waals surface area contributed by atoms with Crippen molar-refractivity contribution in [3.8, 4) is 6.07 Å². The zero-order valence-electron chi connectivity index (χ0n) is 9.63. The normalized spacial score (nSPS) is 13.5. The highest BCUT2D eigenvalue weighted by Gasteiger charge is 2.62. The number of allylic oxidation sites excluding steroid dienone is 2.